The van der Waals surface area contributed by atoms with Crippen LogP contribution in [0.25, 0.3) is 0 Å². The molecule has 0 aromatic carbocycles. The second kappa shape index (κ2) is 6.08. The average molecular weight is 283 g/mol. The molecule has 2 N–H and O–H groups in total. The summed E-state index contributed by atoms with van der Waals surface area (Å²) in [4.78, 5) is 1.23. The van der Waals surface area contributed by atoms with E-state index in [0.29, 0.717) is 5.92 Å². The second-order valence-electron chi connectivity index (χ2n) is 2.49. The molecule has 0 aliphatic heterocycles. The van der Waals surface area contributed by atoms with Crippen molar-refractivity contribution in [3.8, 4) is 0 Å². The molecule has 0 saturated carbocycles. The molecule has 0 rings (SSSR count). The molecule has 0 spiro atoms. The van der Waals surface area contributed by atoms with Crippen molar-refractivity contribution < 1.29 is 0 Å². The normalized spacial score (nSPS) is 14.4. The quantitative estimate of drug-likeness (QED) is 0.487. The molecule has 0 aliphatic rings. The minimum Gasteiger partial charge on any atom is -0.274 e. The lowest BCUT2D eigenvalue weighted by Crippen LogP contribution is -1.93. The van der Waals surface area contributed by atoms with E-state index in [4.69, 9.17) is 5.14 Å². The summed E-state index contributed by atoms with van der Waals surface area (Å²) < 4.78 is 1.24. The number of nitrogens with two attached hydrogens (primary N) is 1. The van der Waals surface area contributed by atoms with Gasteiger partial charge in [-0.25, -0.2) is 0 Å². The third-order valence-electron chi connectivity index (χ3n) is 1.26. The lowest BCUT2D eigenvalue weighted by molar-refractivity contribution is 0.816. The zero-order valence-corrected chi connectivity index (χ0v) is 10.1. The van der Waals surface area contributed by atoms with E-state index >= 15 is 0 Å². The Bertz CT molecular complexity index is 173. The van der Waals surface area contributed by atoms with Crippen molar-refractivity contribution >= 4 is 34.5 Å². The fraction of sp³-hybridized carbons (Fsp3) is 0.500. The summed E-state index contributed by atoms with van der Waals surface area (Å²) in [7, 11) is 0. The third kappa shape index (κ3) is 4.87. The SMILES string of the molecule is C/C=C(I)\C=C(/SN)C(C)C. The van der Waals surface area contributed by atoms with Crippen LogP contribution < -0.4 is 5.14 Å². The van der Waals surface area contributed by atoms with E-state index in [1.165, 1.54) is 20.4 Å². The van der Waals surface area contributed by atoms with Gasteiger partial charge in [-0.2, -0.15) is 0 Å². The molecule has 0 fully saturated rings. The molecule has 0 heterocycles. The van der Waals surface area contributed by atoms with E-state index in [1.807, 2.05) is 6.92 Å². The number of rotatable bonds is 3. The predicted molar refractivity (Wildman–Crippen MR) is 62.5 cm³/mol. The highest BCUT2D eigenvalue weighted by atomic mass is 127. The second-order valence-corrected chi connectivity index (χ2v) is 4.45. The van der Waals surface area contributed by atoms with Crippen molar-refractivity contribution in [2.75, 3.05) is 0 Å². The van der Waals surface area contributed by atoms with Gasteiger partial charge >= 0.3 is 0 Å². The standard InChI is InChI=1S/C8H14INS/c1-4-7(9)5-8(11-10)6(2)3/h4-6H,10H2,1-3H3/b7-4+,8-5-. The molecular formula is C8H14INS. The van der Waals surface area contributed by atoms with Gasteiger partial charge in [-0.3, -0.25) is 5.14 Å². The topological polar surface area (TPSA) is 26.0 Å². The van der Waals surface area contributed by atoms with Gasteiger partial charge in [0.1, 0.15) is 0 Å². The van der Waals surface area contributed by atoms with E-state index in [-0.39, 0.29) is 0 Å². The zero-order valence-electron chi connectivity index (χ0n) is 7.10. The molecule has 0 atom stereocenters. The molecule has 0 aliphatic carbocycles. The molecule has 64 valence electrons. The van der Waals surface area contributed by atoms with Gasteiger partial charge in [0.15, 0.2) is 0 Å². The smallest absolute Gasteiger partial charge is 0.00956 e. The summed E-state index contributed by atoms with van der Waals surface area (Å²) >= 11 is 3.63. The first kappa shape index (κ1) is 11.5. The largest absolute Gasteiger partial charge is 0.274 e. The van der Waals surface area contributed by atoms with E-state index in [9.17, 15) is 0 Å². The highest BCUT2D eigenvalue weighted by molar-refractivity contribution is 14.1. The van der Waals surface area contributed by atoms with Crippen LogP contribution in [-0.4, -0.2) is 0 Å². The van der Waals surface area contributed by atoms with Crippen molar-refractivity contribution in [2.24, 2.45) is 11.1 Å². The zero-order chi connectivity index (χ0) is 8.85. The van der Waals surface area contributed by atoms with Crippen molar-refractivity contribution in [1.82, 2.24) is 0 Å². The van der Waals surface area contributed by atoms with Crippen LogP contribution in [0.15, 0.2) is 20.6 Å². The number of hydrogen-bond acceptors (Lipinski definition) is 2. The molecule has 0 aromatic rings. The Labute approximate surface area is 86.8 Å². The molecule has 0 unspecified atom stereocenters. The summed E-state index contributed by atoms with van der Waals surface area (Å²) in [5.41, 5.74) is 0. The van der Waals surface area contributed by atoms with Gasteiger partial charge in [-0.15, -0.1) is 0 Å². The molecular weight excluding hydrogens is 269 g/mol. The Balaban J connectivity index is 4.35. The predicted octanol–water partition coefficient (Wildman–Crippen LogP) is 3.47. The van der Waals surface area contributed by atoms with Crippen molar-refractivity contribution in [2.45, 2.75) is 20.8 Å². The number of halogens is 1. The van der Waals surface area contributed by atoms with Crippen LogP contribution >= 0.6 is 34.5 Å². The molecule has 3 heteroatoms. The van der Waals surface area contributed by atoms with Crippen LogP contribution in [0.1, 0.15) is 20.8 Å². The first-order valence-corrected chi connectivity index (χ1v) is 5.47. The van der Waals surface area contributed by atoms with Crippen molar-refractivity contribution in [1.29, 1.82) is 0 Å². The van der Waals surface area contributed by atoms with Crippen molar-refractivity contribution in [3.63, 3.8) is 0 Å². The summed E-state index contributed by atoms with van der Waals surface area (Å²) in [6.45, 7) is 6.31. The maximum absolute atomic E-state index is 5.49. The Hall–Kier alpha value is 0.520. The summed E-state index contributed by atoms with van der Waals surface area (Å²) in [6.07, 6.45) is 4.19. The fourth-order valence-electron chi connectivity index (χ4n) is 0.556. The Kier molecular flexibility index (Phi) is 6.37. The van der Waals surface area contributed by atoms with Crippen LogP contribution in [-0.2, 0) is 0 Å². The van der Waals surface area contributed by atoms with Crippen LogP contribution in [0.3, 0.4) is 0 Å². The Morgan fingerprint density at radius 3 is 2.36 bits per heavy atom. The van der Waals surface area contributed by atoms with Gasteiger partial charge in [0.25, 0.3) is 0 Å². The first-order valence-electron chi connectivity index (χ1n) is 3.52. The maximum atomic E-state index is 5.49. The summed E-state index contributed by atoms with van der Waals surface area (Å²) in [5.74, 6) is 0.523. The monoisotopic (exact) mass is 283 g/mol. The summed E-state index contributed by atoms with van der Waals surface area (Å²) in [5, 5.41) is 5.49. The lowest BCUT2D eigenvalue weighted by Gasteiger charge is -2.06. The van der Waals surface area contributed by atoms with Crippen LogP contribution in [0.2, 0.25) is 0 Å². The molecule has 11 heavy (non-hydrogen) atoms. The first-order chi connectivity index (χ1) is 5.11. The van der Waals surface area contributed by atoms with Crippen LogP contribution in [0.5, 0.6) is 0 Å². The highest BCUT2D eigenvalue weighted by Crippen LogP contribution is 2.22. The molecule has 0 radical (unpaired) electrons. The van der Waals surface area contributed by atoms with Gasteiger partial charge in [0.05, 0.1) is 0 Å². The van der Waals surface area contributed by atoms with E-state index < -0.39 is 0 Å². The average Bonchev–Trinajstić information content (AvgIpc) is 1.99. The molecule has 1 nitrogen and oxygen atoms in total. The minimum atomic E-state index is 0.523. The molecule has 0 saturated heterocycles. The van der Waals surface area contributed by atoms with Gasteiger partial charge in [-0.05, 0) is 41.5 Å². The van der Waals surface area contributed by atoms with Gasteiger partial charge < -0.3 is 0 Å². The molecule has 0 aromatic heterocycles. The minimum absolute atomic E-state index is 0.523. The van der Waals surface area contributed by atoms with Gasteiger partial charge in [0.2, 0.25) is 0 Å². The van der Waals surface area contributed by atoms with Gasteiger partial charge in [-0.1, -0.05) is 31.9 Å². The lowest BCUT2D eigenvalue weighted by atomic mass is 10.2. The van der Waals surface area contributed by atoms with Crippen LogP contribution in [0, 0.1) is 5.92 Å². The number of hydrogen-bond donors (Lipinski definition) is 1. The molecule has 0 amide bonds. The fourth-order valence-corrected chi connectivity index (χ4v) is 1.57. The van der Waals surface area contributed by atoms with E-state index in [0.717, 1.165) is 0 Å². The Morgan fingerprint density at radius 2 is 2.09 bits per heavy atom. The summed E-state index contributed by atoms with van der Waals surface area (Å²) in [6, 6.07) is 0. The number of allylic oxidation sites excluding steroid dienone is 4. The maximum Gasteiger partial charge on any atom is 0.00956 e. The van der Waals surface area contributed by atoms with E-state index in [1.54, 1.807) is 0 Å². The van der Waals surface area contributed by atoms with E-state index in [2.05, 4.69) is 48.6 Å². The highest BCUT2D eigenvalue weighted by Gasteiger charge is 2.01. The van der Waals surface area contributed by atoms with Gasteiger partial charge in [0, 0.05) is 8.48 Å². The third-order valence-corrected chi connectivity index (χ3v) is 3.06. The van der Waals surface area contributed by atoms with Crippen LogP contribution in [0.4, 0.5) is 0 Å². The van der Waals surface area contributed by atoms with Crippen molar-refractivity contribution in [3.05, 3.63) is 20.6 Å². The Morgan fingerprint density at radius 1 is 1.55 bits per heavy atom. The molecule has 0 bridgehead atoms.